The Balaban J connectivity index is 1.59. The van der Waals surface area contributed by atoms with Gasteiger partial charge in [-0.25, -0.2) is 4.39 Å². The summed E-state index contributed by atoms with van der Waals surface area (Å²) in [5.74, 6) is 1.20. The zero-order valence-corrected chi connectivity index (χ0v) is 11.3. The average molecular weight is 264 g/mol. The van der Waals surface area contributed by atoms with Gasteiger partial charge in [-0.15, -0.1) is 0 Å². The number of ether oxygens (including phenoxy) is 1. The maximum absolute atomic E-state index is 13.2. The van der Waals surface area contributed by atoms with Crippen LogP contribution in [0.15, 0.2) is 18.2 Å². The first-order valence-corrected chi connectivity index (χ1v) is 7.05. The molecule has 1 aromatic carbocycles. The van der Waals surface area contributed by atoms with Crippen molar-refractivity contribution in [3.05, 3.63) is 29.6 Å². The van der Waals surface area contributed by atoms with Crippen molar-refractivity contribution < 1.29 is 9.13 Å². The number of likely N-dealkylation sites (tertiary alicyclic amines) is 1. The largest absolute Gasteiger partial charge is 0.488 e. The lowest BCUT2D eigenvalue weighted by atomic mass is 9.94. The van der Waals surface area contributed by atoms with Crippen LogP contribution in [0.3, 0.4) is 0 Å². The summed E-state index contributed by atoms with van der Waals surface area (Å²) < 4.78 is 19.0. The van der Waals surface area contributed by atoms with Crippen molar-refractivity contribution in [3.8, 4) is 5.75 Å². The number of rotatable bonds is 2. The SMILES string of the molecule is CC1CN(CC2Cc3cc(F)ccc3O2)CCC1N. The van der Waals surface area contributed by atoms with Crippen molar-refractivity contribution in [3.63, 3.8) is 0 Å². The van der Waals surface area contributed by atoms with Crippen LogP contribution in [0.5, 0.6) is 5.75 Å². The van der Waals surface area contributed by atoms with Crippen LogP contribution in [0.25, 0.3) is 0 Å². The van der Waals surface area contributed by atoms with Gasteiger partial charge < -0.3 is 10.5 Å². The van der Waals surface area contributed by atoms with Gasteiger partial charge in [0.05, 0.1) is 0 Å². The molecule has 0 spiro atoms. The number of nitrogens with two attached hydrogens (primary N) is 1. The van der Waals surface area contributed by atoms with Crippen LogP contribution < -0.4 is 10.5 Å². The molecule has 1 fully saturated rings. The second-order valence-electron chi connectivity index (χ2n) is 5.89. The Kier molecular flexibility index (Phi) is 3.46. The molecule has 3 rings (SSSR count). The highest BCUT2D eigenvalue weighted by Gasteiger charge is 2.29. The van der Waals surface area contributed by atoms with E-state index in [-0.39, 0.29) is 11.9 Å². The fourth-order valence-electron chi connectivity index (χ4n) is 3.09. The summed E-state index contributed by atoms with van der Waals surface area (Å²) >= 11 is 0. The number of nitrogens with zero attached hydrogens (tertiary/aromatic N) is 1. The Labute approximate surface area is 113 Å². The lowest BCUT2D eigenvalue weighted by molar-refractivity contribution is 0.106. The highest BCUT2D eigenvalue weighted by atomic mass is 19.1. The second kappa shape index (κ2) is 5.10. The van der Waals surface area contributed by atoms with E-state index < -0.39 is 0 Å². The van der Waals surface area contributed by atoms with Gasteiger partial charge in [0.25, 0.3) is 0 Å². The lowest BCUT2D eigenvalue weighted by Gasteiger charge is -2.36. The molecule has 1 aromatic rings. The van der Waals surface area contributed by atoms with E-state index in [4.69, 9.17) is 10.5 Å². The molecule has 0 aromatic heterocycles. The minimum absolute atomic E-state index is 0.151. The standard InChI is InChI=1S/C15H21FN2O/c1-10-8-18(5-4-14(10)17)9-13-7-11-6-12(16)2-3-15(11)19-13/h2-3,6,10,13-14H,4-5,7-9,17H2,1H3. The Hall–Kier alpha value is -1.13. The van der Waals surface area contributed by atoms with E-state index in [0.717, 1.165) is 43.8 Å². The van der Waals surface area contributed by atoms with Crippen molar-refractivity contribution in [1.29, 1.82) is 0 Å². The summed E-state index contributed by atoms with van der Waals surface area (Å²) in [5, 5.41) is 0. The molecular weight excluding hydrogens is 243 g/mol. The molecule has 2 aliphatic heterocycles. The van der Waals surface area contributed by atoms with E-state index in [2.05, 4.69) is 11.8 Å². The molecule has 3 nitrogen and oxygen atoms in total. The molecule has 0 aliphatic carbocycles. The first kappa shape index (κ1) is 12.9. The normalized spacial score (nSPS) is 31.0. The van der Waals surface area contributed by atoms with Crippen LogP contribution in [0.2, 0.25) is 0 Å². The molecule has 19 heavy (non-hydrogen) atoms. The van der Waals surface area contributed by atoms with Crippen molar-refractivity contribution in [2.45, 2.75) is 31.9 Å². The van der Waals surface area contributed by atoms with Crippen molar-refractivity contribution in [2.24, 2.45) is 11.7 Å². The van der Waals surface area contributed by atoms with Crippen LogP contribution in [0.4, 0.5) is 4.39 Å². The molecule has 2 heterocycles. The molecule has 2 aliphatic rings. The maximum Gasteiger partial charge on any atom is 0.123 e. The van der Waals surface area contributed by atoms with Crippen molar-refractivity contribution in [1.82, 2.24) is 4.90 Å². The minimum Gasteiger partial charge on any atom is -0.488 e. The van der Waals surface area contributed by atoms with Gasteiger partial charge >= 0.3 is 0 Å². The van der Waals surface area contributed by atoms with Gasteiger partial charge in [0.2, 0.25) is 0 Å². The van der Waals surface area contributed by atoms with Gasteiger partial charge in [-0.05, 0) is 37.1 Å². The molecule has 2 N–H and O–H groups in total. The monoisotopic (exact) mass is 264 g/mol. The van der Waals surface area contributed by atoms with E-state index in [1.807, 2.05) is 0 Å². The number of halogens is 1. The third-order valence-corrected chi connectivity index (χ3v) is 4.28. The summed E-state index contributed by atoms with van der Waals surface area (Å²) in [5.41, 5.74) is 7.03. The number of hydrogen-bond donors (Lipinski definition) is 1. The van der Waals surface area contributed by atoms with E-state index in [1.165, 1.54) is 6.07 Å². The summed E-state index contributed by atoms with van der Waals surface area (Å²) in [6.45, 7) is 5.19. The van der Waals surface area contributed by atoms with Gasteiger partial charge in [0.1, 0.15) is 17.7 Å². The first-order valence-electron chi connectivity index (χ1n) is 7.05. The summed E-state index contributed by atoms with van der Waals surface area (Å²) in [6.07, 6.45) is 2.01. The number of fused-ring (bicyclic) bond motifs is 1. The Morgan fingerprint density at radius 3 is 3.11 bits per heavy atom. The molecule has 1 saturated heterocycles. The molecule has 3 unspecified atom stereocenters. The van der Waals surface area contributed by atoms with E-state index >= 15 is 0 Å². The quantitative estimate of drug-likeness (QED) is 0.885. The van der Waals surface area contributed by atoms with Crippen LogP contribution in [0, 0.1) is 11.7 Å². The molecule has 0 saturated carbocycles. The molecule has 0 amide bonds. The van der Waals surface area contributed by atoms with Gasteiger partial charge in [-0.1, -0.05) is 6.92 Å². The molecule has 0 radical (unpaired) electrons. The van der Waals surface area contributed by atoms with Crippen molar-refractivity contribution >= 4 is 0 Å². The van der Waals surface area contributed by atoms with Crippen LogP contribution in [-0.2, 0) is 6.42 Å². The zero-order valence-electron chi connectivity index (χ0n) is 11.3. The summed E-state index contributed by atoms with van der Waals surface area (Å²) in [7, 11) is 0. The number of piperidine rings is 1. The molecule has 3 atom stereocenters. The second-order valence-corrected chi connectivity index (χ2v) is 5.89. The Bertz CT molecular complexity index is 465. The summed E-state index contributed by atoms with van der Waals surface area (Å²) in [4.78, 5) is 2.42. The fraction of sp³-hybridized carbons (Fsp3) is 0.600. The molecule has 104 valence electrons. The topological polar surface area (TPSA) is 38.5 Å². The van der Waals surface area contributed by atoms with Gasteiger partial charge in [-0.2, -0.15) is 0 Å². The lowest BCUT2D eigenvalue weighted by Crippen LogP contribution is -2.48. The first-order chi connectivity index (χ1) is 9.11. The third kappa shape index (κ3) is 2.74. The van der Waals surface area contributed by atoms with E-state index in [0.29, 0.717) is 12.0 Å². The Morgan fingerprint density at radius 1 is 1.47 bits per heavy atom. The zero-order chi connectivity index (χ0) is 13.4. The van der Waals surface area contributed by atoms with E-state index in [9.17, 15) is 4.39 Å². The molecule has 0 bridgehead atoms. The average Bonchev–Trinajstić information content (AvgIpc) is 2.75. The van der Waals surface area contributed by atoms with Crippen LogP contribution in [0.1, 0.15) is 18.9 Å². The predicted octanol–water partition coefficient (Wildman–Crippen LogP) is 1.80. The predicted molar refractivity (Wildman–Crippen MR) is 72.7 cm³/mol. The minimum atomic E-state index is -0.180. The molecule has 4 heteroatoms. The van der Waals surface area contributed by atoms with Crippen LogP contribution >= 0.6 is 0 Å². The van der Waals surface area contributed by atoms with Crippen molar-refractivity contribution in [2.75, 3.05) is 19.6 Å². The van der Waals surface area contributed by atoms with E-state index in [1.54, 1.807) is 12.1 Å². The van der Waals surface area contributed by atoms with Gasteiger partial charge in [0.15, 0.2) is 0 Å². The number of benzene rings is 1. The highest BCUT2D eigenvalue weighted by Crippen LogP contribution is 2.30. The van der Waals surface area contributed by atoms with Gasteiger partial charge in [0, 0.05) is 31.1 Å². The van der Waals surface area contributed by atoms with Gasteiger partial charge in [-0.3, -0.25) is 4.90 Å². The number of hydrogen-bond acceptors (Lipinski definition) is 3. The third-order valence-electron chi connectivity index (χ3n) is 4.28. The smallest absolute Gasteiger partial charge is 0.123 e. The fourth-order valence-corrected chi connectivity index (χ4v) is 3.09. The maximum atomic E-state index is 13.2. The summed E-state index contributed by atoms with van der Waals surface area (Å²) in [6, 6.07) is 5.11. The van der Waals surface area contributed by atoms with Crippen LogP contribution in [-0.4, -0.2) is 36.7 Å². The highest BCUT2D eigenvalue weighted by molar-refractivity contribution is 5.37. The molecular formula is C15H21FN2O. The Morgan fingerprint density at radius 2 is 2.32 bits per heavy atom.